The Morgan fingerprint density at radius 1 is 1.32 bits per heavy atom. The van der Waals surface area contributed by atoms with Crippen molar-refractivity contribution in [1.82, 2.24) is 5.32 Å². The number of halogens is 3. The van der Waals surface area contributed by atoms with Gasteiger partial charge in [0.1, 0.15) is 6.04 Å². The van der Waals surface area contributed by atoms with Crippen molar-refractivity contribution in [3.8, 4) is 11.5 Å². The number of rotatable bonds is 7. The molecule has 1 aromatic rings. The third kappa shape index (κ3) is 5.06. The van der Waals surface area contributed by atoms with Gasteiger partial charge in [-0.25, -0.2) is 0 Å². The maximum atomic E-state index is 12.5. The smallest absolute Gasteiger partial charge is 0.387 e. The molecule has 5 nitrogen and oxygen atoms in total. The van der Waals surface area contributed by atoms with Crippen LogP contribution in [0.3, 0.4) is 0 Å². The molecule has 0 bridgehead atoms. The molecule has 1 aliphatic carbocycles. The molecule has 1 fully saturated rings. The Morgan fingerprint density at radius 3 is 2.72 bits per heavy atom. The summed E-state index contributed by atoms with van der Waals surface area (Å²) in [7, 11) is 1.33. The van der Waals surface area contributed by atoms with Crippen LogP contribution in [0.4, 0.5) is 8.78 Å². The highest BCUT2D eigenvalue weighted by atomic mass is 35.5. The van der Waals surface area contributed by atoms with Crippen molar-refractivity contribution < 1.29 is 27.8 Å². The second-order valence-electron chi connectivity index (χ2n) is 5.87. The fraction of sp³-hybridized carbons (Fsp3) is 0.471. The summed E-state index contributed by atoms with van der Waals surface area (Å²) in [5, 5.41) is 3.02. The first-order valence-corrected chi connectivity index (χ1v) is 7.80. The predicted molar refractivity (Wildman–Crippen MR) is 90.3 cm³/mol. The molecule has 8 heteroatoms. The number of esters is 1. The van der Waals surface area contributed by atoms with Gasteiger partial charge in [-0.05, 0) is 42.0 Å². The Balaban J connectivity index is 0.00000225. The SMILES string of the molecule is COC(=O)C1C=C(c2ccc(OC(F)F)c(OCC3CC3)c2)CN1.Cl. The number of hydrogen-bond acceptors (Lipinski definition) is 5. The molecule has 1 atom stereocenters. The standard InChI is InChI=1S/C17H19F2NO4.ClH/c1-22-16(21)13-6-12(8-20-13)11-4-5-14(24-17(18)19)15(7-11)23-9-10-2-3-10;/h4-7,10,13,17,20H,2-3,8-9H2,1H3;1H. The van der Waals surface area contributed by atoms with Gasteiger partial charge in [-0.15, -0.1) is 12.4 Å². The van der Waals surface area contributed by atoms with E-state index in [1.165, 1.54) is 13.2 Å². The molecule has 0 radical (unpaired) electrons. The third-order valence-corrected chi connectivity index (χ3v) is 4.04. The summed E-state index contributed by atoms with van der Waals surface area (Å²) in [6.45, 7) is -1.93. The molecule has 0 spiro atoms. The van der Waals surface area contributed by atoms with Gasteiger partial charge in [0, 0.05) is 6.54 Å². The molecule has 138 valence electrons. The van der Waals surface area contributed by atoms with E-state index in [1.807, 2.05) is 0 Å². The van der Waals surface area contributed by atoms with Gasteiger partial charge in [-0.1, -0.05) is 12.1 Å². The van der Waals surface area contributed by atoms with Crippen molar-refractivity contribution in [2.75, 3.05) is 20.3 Å². The Kier molecular flexibility index (Phi) is 6.61. The molecule has 1 aromatic carbocycles. The van der Waals surface area contributed by atoms with E-state index in [9.17, 15) is 13.6 Å². The maximum absolute atomic E-state index is 12.5. The minimum absolute atomic E-state index is 0. The normalized spacial score (nSPS) is 19.2. The monoisotopic (exact) mass is 375 g/mol. The lowest BCUT2D eigenvalue weighted by molar-refractivity contribution is -0.141. The minimum atomic E-state index is -2.91. The van der Waals surface area contributed by atoms with E-state index in [0.29, 0.717) is 24.8 Å². The van der Waals surface area contributed by atoms with Crippen molar-refractivity contribution in [3.05, 3.63) is 29.8 Å². The summed E-state index contributed by atoms with van der Waals surface area (Å²) in [5.74, 6) is 0.435. The summed E-state index contributed by atoms with van der Waals surface area (Å²) in [6.07, 6.45) is 3.96. The van der Waals surface area contributed by atoms with Crippen molar-refractivity contribution >= 4 is 23.9 Å². The van der Waals surface area contributed by atoms with Crippen molar-refractivity contribution in [2.24, 2.45) is 5.92 Å². The van der Waals surface area contributed by atoms with Crippen LogP contribution in [0, 0.1) is 5.92 Å². The minimum Gasteiger partial charge on any atom is -0.489 e. The van der Waals surface area contributed by atoms with Crippen LogP contribution >= 0.6 is 12.4 Å². The fourth-order valence-electron chi connectivity index (χ4n) is 2.52. The Morgan fingerprint density at radius 2 is 2.08 bits per heavy atom. The second-order valence-corrected chi connectivity index (χ2v) is 5.87. The molecule has 1 N–H and O–H groups in total. The number of carbonyl (C=O) groups excluding carboxylic acids is 1. The van der Waals surface area contributed by atoms with Gasteiger partial charge in [0.25, 0.3) is 0 Å². The average molecular weight is 376 g/mol. The van der Waals surface area contributed by atoms with Crippen molar-refractivity contribution in [3.63, 3.8) is 0 Å². The first-order valence-electron chi connectivity index (χ1n) is 7.80. The summed E-state index contributed by atoms with van der Waals surface area (Å²) < 4.78 is 40.0. The zero-order chi connectivity index (χ0) is 17.1. The van der Waals surface area contributed by atoms with Crippen LogP contribution in [0.25, 0.3) is 5.57 Å². The van der Waals surface area contributed by atoms with Crippen LogP contribution in [0.2, 0.25) is 0 Å². The molecule has 1 heterocycles. The Hall–Kier alpha value is -1.86. The van der Waals surface area contributed by atoms with E-state index in [-0.39, 0.29) is 24.1 Å². The molecule has 0 amide bonds. The number of carbonyl (C=O) groups is 1. The van der Waals surface area contributed by atoms with E-state index >= 15 is 0 Å². The maximum Gasteiger partial charge on any atom is 0.387 e. The Labute approximate surface area is 150 Å². The molecule has 1 aliphatic heterocycles. The lowest BCUT2D eigenvalue weighted by Crippen LogP contribution is -2.31. The molecule has 0 saturated heterocycles. The van der Waals surface area contributed by atoms with Crippen LogP contribution in [-0.4, -0.2) is 38.9 Å². The number of methoxy groups -OCH3 is 1. The van der Waals surface area contributed by atoms with Gasteiger partial charge in [0.2, 0.25) is 0 Å². The molecular weight excluding hydrogens is 356 g/mol. The van der Waals surface area contributed by atoms with Crippen LogP contribution in [0.1, 0.15) is 18.4 Å². The lowest BCUT2D eigenvalue weighted by atomic mass is 10.1. The van der Waals surface area contributed by atoms with E-state index in [1.54, 1.807) is 18.2 Å². The van der Waals surface area contributed by atoms with Gasteiger partial charge < -0.3 is 14.2 Å². The van der Waals surface area contributed by atoms with Gasteiger partial charge in [-0.3, -0.25) is 10.1 Å². The van der Waals surface area contributed by atoms with E-state index in [4.69, 9.17) is 9.47 Å². The van der Waals surface area contributed by atoms with Gasteiger partial charge in [0.15, 0.2) is 11.5 Å². The zero-order valence-corrected chi connectivity index (χ0v) is 14.5. The van der Waals surface area contributed by atoms with Crippen molar-refractivity contribution in [2.45, 2.75) is 25.5 Å². The number of ether oxygens (including phenoxy) is 3. The van der Waals surface area contributed by atoms with Gasteiger partial charge in [-0.2, -0.15) is 8.78 Å². The molecule has 2 aliphatic rings. The average Bonchev–Trinajstić information content (AvgIpc) is 3.27. The molecular formula is C17H20ClF2NO4. The van der Waals surface area contributed by atoms with Gasteiger partial charge >= 0.3 is 12.6 Å². The first kappa shape index (κ1) is 19.5. The van der Waals surface area contributed by atoms with Crippen LogP contribution in [0.15, 0.2) is 24.3 Å². The predicted octanol–water partition coefficient (Wildman–Crippen LogP) is 3.03. The van der Waals surface area contributed by atoms with Gasteiger partial charge in [0.05, 0.1) is 13.7 Å². The van der Waals surface area contributed by atoms with E-state index in [2.05, 4.69) is 10.1 Å². The number of alkyl halides is 2. The highest BCUT2D eigenvalue weighted by Gasteiger charge is 2.25. The molecule has 1 unspecified atom stereocenters. The van der Waals surface area contributed by atoms with Crippen molar-refractivity contribution in [1.29, 1.82) is 0 Å². The topological polar surface area (TPSA) is 56.8 Å². The van der Waals surface area contributed by atoms with Crippen LogP contribution in [-0.2, 0) is 9.53 Å². The third-order valence-electron chi connectivity index (χ3n) is 4.04. The fourth-order valence-corrected chi connectivity index (χ4v) is 2.52. The Bertz CT molecular complexity index is 650. The number of benzene rings is 1. The lowest BCUT2D eigenvalue weighted by Gasteiger charge is -2.14. The van der Waals surface area contributed by atoms with E-state index < -0.39 is 12.7 Å². The summed E-state index contributed by atoms with van der Waals surface area (Å²) >= 11 is 0. The summed E-state index contributed by atoms with van der Waals surface area (Å²) in [6, 6.07) is 4.32. The highest BCUT2D eigenvalue weighted by molar-refractivity contribution is 5.85. The zero-order valence-electron chi connectivity index (χ0n) is 13.7. The molecule has 3 rings (SSSR count). The largest absolute Gasteiger partial charge is 0.489 e. The first-order chi connectivity index (χ1) is 11.6. The summed E-state index contributed by atoms with van der Waals surface area (Å²) in [5.41, 5.74) is 1.67. The quantitative estimate of drug-likeness (QED) is 0.742. The molecule has 25 heavy (non-hydrogen) atoms. The highest BCUT2D eigenvalue weighted by Crippen LogP contribution is 2.35. The number of nitrogens with one attached hydrogen (secondary N) is 1. The molecule has 0 aromatic heterocycles. The molecule has 1 saturated carbocycles. The second kappa shape index (κ2) is 8.49. The van der Waals surface area contributed by atoms with Crippen LogP contribution < -0.4 is 14.8 Å². The van der Waals surface area contributed by atoms with E-state index in [0.717, 1.165) is 24.0 Å². The van der Waals surface area contributed by atoms with Crippen LogP contribution in [0.5, 0.6) is 11.5 Å². The summed E-state index contributed by atoms with van der Waals surface area (Å²) in [4.78, 5) is 11.6. The number of hydrogen-bond donors (Lipinski definition) is 1.